The fraction of sp³-hybridized carbons (Fsp3) is 0.200. The fourth-order valence-corrected chi connectivity index (χ4v) is 2.65. The van der Waals surface area contributed by atoms with E-state index in [1.807, 2.05) is 24.3 Å². The lowest BCUT2D eigenvalue weighted by Gasteiger charge is -2.11. The van der Waals surface area contributed by atoms with Crippen molar-refractivity contribution >= 4 is 21.6 Å². The number of ether oxygens (including phenoxy) is 1. The zero-order valence-electron chi connectivity index (χ0n) is 9.95. The average molecular weight is 304 g/mol. The van der Waals surface area contributed by atoms with Gasteiger partial charge in [0.1, 0.15) is 12.4 Å². The zero-order chi connectivity index (χ0) is 12.4. The van der Waals surface area contributed by atoms with Crippen LogP contribution in [0.1, 0.15) is 11.1 Å². The number of nitrogens with one attached hydrogen (secondary N) is 1. The molecule has 0 aromatic heterocycles. The SMILES string of the molecule is Brc1ccccc1OCc1cccc2c1NCC2. The number of hydrogen-bond donors (Lipinski definition) is 1. The van der Waals surface area contributed by atoms with Crippen LogP contribution in [0.4, 0.5) is 5.69 Å². The molecule has 0 fully saturated rings. The zero-order valence-corrected chi connectivity index (χ0v) is 11.5. The van der Waals surface area contributed by atoms with E-state index < -0.39 is 0 Å². The van der Waals surface area contributed by atoms with Crippen LogP contribution in [0.15, 0.2) is 46.9 Å². The predicted octanol–water partition coefficient (Wildman–Crippen LogP) is 4.00. The van der Waals surface area contributed by atoms with Crippen LogP contribution in [0.25, 0.3) is 0 Å². The highest BCUT2D eigenvalue weighted by molar-refractivity contribution is 9.10. The molecule has 2 aromatic carbocycles. The quantitative estimate of drug-likeness (QED) is 0.925. The number of rotatable bonds is 3. The fourth-order valence-electron chi connectivity index (χ4n) is 2.25. The summed E-state index contributed by atoms with van der Waals surface area (Å²) in [6, 6.07) is 14.3. The molecule has 2 aromatic rings. The van der Waals surface area contributed by atoms with Crippen molar-refractivity contribution in [1.29, 1.82) is 0 Å². The van der Waals surface area contributed by atoms with Crippen LogP contribution in [0.3, 0.4) is 0 Å². The Morgan fingerprint density at radius 3 is 2.89 bits per heavy atom. The third-order valence-electron chi connectivity index (χ3n) is 3.15. The Kier molecular flexibility index (Phi) is 3.24. The molecule has 18 heavy (non-hydrogen) atoms. The standard InChI is InChI=1S/C15H14BrNO/c16-13-6-1-2-7-14(13)18-10-12-5-3-4-11-8-9-17-15(11)12/h1-7,17H,8-10H2. The Bertz CT molecular complexity index is 568. The van der Waals surface area contributed by atoms with E-state index in [4.69, 9.17) is 4.74 Å². The van der Waals surface area contributed by atoms with Crippen molar-refractivity contribution in [2.45, 2.75) is 13.0 Å². The maximum atomic E-state index is 5.86. The Hall–Kier alpha value is -1.48. The second kappa shape index (κ2) is 5.02. The monoisotopic (exact) mass is 303 g/mol. The number of anilines is 1. The molecule has 0 unspecified atom stereocenters. The first-order valence-corrected chi connectivity index (χ1v) is 6.86. The van der Waals surface area contributed by atoms with Gasteiger partial charge in [-0.3, -0.25) is 0 Å². The first-order valence-electron chi connectivity index (χ1n) is 6.06. The van der Waals surface area contributed by atoms with Crippen molar-refractivity contribution in [3.63, 3.8) is 0 Å². The first kappa shape index (κ1) is 11.6. The largest absolute Gasteiger partial charge is 0.488 e. The van der Waals surface area contributed by atoms with E-state index in [9.17, 15) is 0 Å². The number of hydrogen-bond acceptors (Lipinski definition) is 2. The number of para-hydroxylation sites is 2. The van der Waals surface area contributed by atoms with E-state index in [1.54, 1.807) is 0 Å². The van der Waals surface area contributed by atoms with E-state index in [0.717, 1.165) is 23.2 Å². The lowest BCUT2D eigenvalue weighted by molar-refractivity contribution is 0.305. The van der Waals surface area contributed by atoms with Crippen LogP contribution in [0.5, 0.6) is 5.75 Å². The minimum atomic E-state index is 0.596. The lowest BCUT2D eigenvalue weighted by Crippen LogP contribution is -2.00. The van der Waals surface area contributed by atoms with E-state index in [1.165, 1.54) is 16.8 Å². The summed E-state index contributed by atoms with van der Waals surface area (Å²) >= 11 is 3.49. The molecule has 3 heteroatoms. The molecule has 92 valence electrons. The molecule has 2 nitrogen and oxygen atoms in total. The Morgan fingerprint density at radius 2 is 2.00 bits per heavy atom. The minimum Gasteiger partial charge on any atom is -0.488 e. The van der Waals surface area contributed by atoms with Crippen LogP contribution in [0.2, 0.25) is 0 Å². The van der Waals surface area contributed by atoms with Crippen molar-refractivity contribution in [3.8, 4) is 5.75 Å². The smallest absolute Gasteiger partial charge is 0.133 e. The van der Waals surface area contributed by atoms with Crippen LogP contribution in [-0.2, 0) is 13.0 Å². The summed E-state index contributed by atoms with van der Waals surface area (Å²) in [6.45, 7) is 1.63. The van der Waals surface area contributed by atoms with Crippen molar-refractivity contribution in [1.82, 2.24) is 0 Å². The van der Waals surface area contributed by atoms with E-state index in [2.05, 4.69) is 39.4 Å². The number of benzene rings is 2. The molecule has 1 aliphatic heterocycles. The highest BCUT2D eigenvalue weighted by atomic mass is 79.9. The van der Waals surface area contributed by atoms with Gasteiger partial charge in [-0.15, -0.1) is 0 Å². The van der Waals surface area contributed by atoms with Gasteiger partial charge >= 0.3 is 0 Å². The third kappa shape index (κ3) is 2.23. The first-order chi connectivity index (χ1) is 8.84. The van der Waals surface area contributed by atoms with Gasteiger partial charge < -0.3 is 10.1 Å². The van der Waals surface area contributed by atoms with Gasteiger partial charge in [0.25, 0.3) is 0 Å². The predicted molar refractivity (Wildman–Crippen MR) is 77.1 cm³/mol. The summed E-state index contributed by atoms with van der Waals surface area (Å²) in [4.78, 5) is 0. The van der Waals surface area contributed by atoms with Gasteiger partial charge in [0.15, 0.2) is 0 Å². The Morgan fingerprint density at radius 1 is 1.11 bits per heavy atom. The van der Waals surface area contributed by atoms with Gasteiger partial charge in [0, 0.05) is 17.8 Å². The molecule has 0 spiro atoms. The van der Waals surface area contributed by atoms with Crippen LogP contribution < -0.4 is 10.1 Å². The summed E-state index contributed by atoms with van der Waals surface area (Å²) in [5.41, 5.74) is 3.87. The topological polar surface area (TPSA) is 21.3 Å². The highest BCUT2D eigenvalue weighted by Crippen LogP contribution is 2.29. The van der Waals surface area contributed by atoms with Crippen LogP contribution in [0, 0.1) is 0 Å². The molecule has 0 saturated heterocycles. The van der Waals surface area contributed by atoms with Crippen molar-refractivity contribution < 1.29 is 4.74 Å². The second-order valence-corrected chi connectivity index (χ2v) is 5.20. The van der Waals surface area contributed by atoms with Crippen molar-refractivity contribution in [3.05, 3.63) is 58.1 Å². The van der Waals surface area contributed by atoms with Gasteiger partial charge in [-0.05, 0) is 40.0 Å². The molecule has 0 radical (unpaired) electrons. The lowest BCUT2D eigenvalue weighted by atomic mass is 10.1. The maximum absolute atomic E-state index is 5.86. The third-order valence-corrected chi connectivity index (χ3v) is 3.81. The average Bonchev–Trinajstić information content (AvgIpc) is 2.86. The van der Waals surface area contributed by atoms with Crippen molar-refractivity contribution in [2.75, 3.05) is 11.9 Å². The normalized spacial score (nSPS) is 12.9. The summed E-state index contributed by atoms with van der Waals surface area (Å²) in [6.07, 6.45) is 1.11. The van der Waals surface area contributed by atoms with Gasteiger partial charge in [-0.25, -0.2) is 0 Å². The van der Waals surface area contributed by atoms with Gasteiger partial charge in [0.2, 0.25) is 0 Å². The molecule has 1 heterocycles. The van der Waals surface area contributed by atoms with E-state index >= 15 is 0 Å². The second-order valence-electron chi connectivity index (χ2n) is 4.35. The molecule has 0 atom stereocenters. The van der Waals surface area contributed by atoms with Crippen LogP contribution in [-0.4, -0.2) is 6.54 Å². The van der Waals surface area contributed by atoms with Crippen LogP contribution >= 0.6 is 15.9 Å². The number of halogens is 1. The molecule has 0 aliphatic carbocycles. The summed E-state index contributed by atoms with van der Waals surface area (Å²) in [5, 5.41) is 3.43. The van der Waals surface area contributed by atoms with Gasteiger partial charge in [-0.1, -0.05) is 30.3 Å². The Balaban J connectivity index is 1.78. The van der Waals surface area contributed by atoms with Gasteiger partial charge in [0.05, 0.1) is 4.47 Å². The molecule has 1 aliphatic rings. The molecule has 0 bridgehead atoms. The molecule has 1 N–H and O–H groups in total. The summed E-state index contributed by atoms with van der Waals surface area (Å²) in [5.74, 6) is 0.883. The Labute approximate surface area is 115 Å². The van der Waals surface area contributed by atoms with E-state index in [-0.39, 0.29) is 0 Å². The molecule has 0 saturated carbocycles. The van der Waals surface area contributed by atoms with Crippen molar-refractivity contribution in [2.24, 2.45) is 0 Å². The highest BCUT2D eigenvalue weighted by Gasteiger charge is 2.13. The van der Waals surface area contributed by atoms with E-state index in [0.29, 0.717) is 6.61 Å². The molecular weight excluding hydrogens is 290 g/mol. The summed E-state index contributed by atoms with van der Waals surface area (Å²) < 4.78 is 6.85. The molecule has 3 rings (SSSR count). The minimum absolute atomic E-state index is 0.596. The number of fused-ring (bicyclic) bond motifs is 1. The molecular formula is C15H14BrNO. The van der Waals surface area contributed by atoms with Gasteiger partial charge in [-0.2, -0.15) is 0 Å². The summed E-state index contributed by atoms with van der Waals surface area (Å²) in [7, 11) is 0. The maximum Gasteiger partial charge on any atom is 0.133 e. The molecule has 0 amide bonds.